The van der Waals surface area contributed by atoms with Crippen molar-refractivity contribution in [1.82, 2.24) is 9.78 Å². The molecule has 0 radical (unpaired) electrons. The van der Waals surface area contributed by atoms with Crippen LogP contribution in [0.25, 0.3) is 0 Å². The molecule has 1 aromatic heterocycles. The highest BCUT2D eigenvalue weighted by Crippen LogP contribution is 2.22. The van der Waals surface area contributed by atoms with Crippen LogP contribution < -0.4 is 0 Å². The lowest BCUT2D eigenvalue weighted by Crippen LogP contribution is -2.18. The minimum absolute atomic E-state index is 0.0690. The highest BCUT2D eigenvalue weighted by atomic mass is 16.5. The van der Waals surface area contributed by atoms with E-state index in [1.54, 1.807) is 0 Å². The van der Waals surface area contributed by atoms with E-state index in [2.05, 4.69) is 12.0 Å². The molecule has 0 saturated carbocycles. The number of ether oxygens (including phenoxy) is 1. The molecule has 2 heterocycles. The first kappa shape index (κ1) is 11.6. The zero-order valence-corrected chi connectivity index (χ0v) is 10.2. The van der Waals surface area contributed by atoms with Gasteiger partial charge in [-0.05, 0) is 33.6 Å². The average molecular weight is 224 g/mol. The Morgan fingerprint density at radius 1 is 1.44 bits per heavy atom. The van der Waals surface area contributed by atoms with E-state index in [0.29, 0.717) is 6.10 Å². The van der Waals surface area contributed by atoms with Crippen LogP contribution in [0.15, 0.2) is 0 Å². The Morgan fingerprint density at radius 2 is 2.19 bits per heavy atom. The number of hydrogen-bond donors (Lipinski definition) is 1. The molecule has 1 aliphatic heterocycles. The molecule has 0 amide bonds. The van der Waals surface area contributed by atoms with Gasteiger partial charge in [-0.25, -0.2) is 0 Å². The number of aromatic nitrogens is 2. The van der Waals surface area contributed by atoms with Crippen LogP contribution in [0.1, 0.15) is 36.7 Å². The van der Waals surface area contributed by atoms with Crippen molar-refractivity contribution >= 4 is 0 Å². The Labute approximate surface area is 96.2 Å². The predicted octanol–water partition coefficient (Wildman–Crippen LogP) is 1.56. The molecule has 1 N–H and O–H groups in total. The maximum absolute atomic E-state index is 9.23. The highest BCUT2D eigenvalue weighted by molar-refractivity contribution is 5.23. The molecule has 2 atom stereocenters. The zero-order chi connectivity index (χ0) is 11.7. The lowest BCUT2D eigenvalue weighted by atomic mass is 10.2. The van der Waals surface area contributed by atoms with E-state index in [1.165, 1.54) is 0 Å². The van der Waals surface area contributed by atoms with Gasteiger partial charge in [-0.1, -0.05) is 0 Å². The molecule has 1 saturated heterocycles. The lowest BCUT2D eigenvalue weighted by Gasteiger charge is -2.12. The van der Waals surface area contributed by atoms with Crippen LogP contribution in [0.5, 0.6) is 0 Å². The fourth-order valence-corrected chi connectivity index (χ4v) is 2.35. The number of nitrogens with zero attached hydrogens (tertiary/aromatic N) is 2. The van der Waals surface area contributed by atoms with Crippen LogP contribution in [0.2, 0.25) is 0 Å². The highest BCUT2D eigenvalue weighted by Gasteiger charge is 2.23. The Morgan fingerprint density at radius 3 is 2.69 bits per heavy atom. The van der Waals surface area contributed by atoms with Crippen molar-refractivity contribution in [2.24, 2.45) is 0 Å². The number of aliphatic hydroxyl groups excluding tert-OH is 1. The quantitative estimate of drug-likeness (QED) is 0.847. The summed E-state index contributed by atoms with van der Waals surface area (Å²) in [6.45, 7) is 6.92. The first-order valence-corrected chi connectivity index (χ1v) is 5.91. The van der Waals surface area contributed by atoms with Gasteiger partial charge in [0.15, 0.2) is 0 Å². The topological polar surface area (TPSA) is 47.3 Å². The summed E-state index contributed by atoms with van der Waals surface area (Å²) in [5.41, 5.74) is 2.93. The summed E-state index contributed by atoms with van der Waals surface area (Å²) in [7, 11) is 0. The second-order valence-electron chi connectivity index (χ2n) is 4.64. The molecule has 4 heteroatoms. The van der Waals surface area contributed by atoms with Crippen molar-refractivity contribution in [3.63, 3.8) is 0 Å². The van der Waals surface area contributed by atoms with E-state index in [-0.39, 0.29) is 12.7 Å². The van der Waals surface area contributed by atoms with E-state index >= 15 is 0 Å². The van der Waals surface area contributed by atoms with Gasteiger partial charge in [-0.15, -0.1) is 0 Å². The first-order chi connectivity index (χ1) is 7.61. The van der Waals surface area contributed by atoms with Gasteiger partial charge >= 0.3 is 0 Å². The molecule has 0 bridgehead atoms. The standard InChI is InChI=1S/C12H20N2O2/c1-8-4-5-11(16-8)6-14-10(3)12(7-15)9(2)13-14/h8,11,15H,4-7H2,1-3H3. The molecule has 90 valence electrons. The Hall–Kier alpha value is -0.870. The summed E-state index contributed by atoms with van der Waals surface area (Å²) >= 11 is 0. The first-order valence-electron chi connectivity index (χ1n) is 5.91. The van der Waals surface area contributed by atoms with Crippen molar-refractivity contribution in [1.29, 1.82) is 0 Å². The molecule has 2 unspecified atom stereocenters. The van der Waals surface area contributed by atoms with E-state index in [9.17, 15) is 5.11 Å². The zero-order valence-electron chi connectivity index (χ0n) is 10.2. The van der Waals surface area contributed by atoms with Gasteiger partial charge < -0.3 is 9.84 Å². The van der Waals surface area contributed by atoms with Crippen molar-refractivity contribution in [2.75, 3.05) is 0 Å². The third-order valence-corrected chi connectivity index (χ3v) is 3.39. The van der Waals surface area contributed by atoms with Gasteiger partial charge in [0.1, 0.15) is 0 Å². The average Bonchev–Trinajstić information content (AvgIpc) is 2.74. The molecule has 0 spiro atoms. The molecule has 16 heavy (non-hydrogen) atoms. The summed E-state index contributed by atoms with van der Waals surface area (Å²) in [6.07, 6.45) is 2.89. The van der Waals surface area contributed by atoms with Crippen LogP contribution in [-0.2, 0) is 17.9 Å². The SMILES string of the molecule is Cc1nn(CC2CCC(C)O2)c(C)c1CO. The van der Waals surface area contributed by atoms with Crippen molar-refractivity contribution < 1.29 is 9.84 Å². The second kappa shape index (κ2) is 4.55. The minimum Gasteiger partial charge on any atom is -0.392 e. The molecule has 1 aromatic rings. The third kappa shape index (κ3) is 2.13. The molecule has 4 nitrogen and oxygen atoms in total. The molecule has 0 aromatic carbocycles. The van der Waals surface area contributed by atoms with Gasteiger partial charge in [-0.3, -0.25) is 4.68 Å². The van der Waals surface area contributed by atoms with E-state index in [0.717, 1.165) is 36.3 Å². The second-order valence-corrected chi connectivity index (χ2v) is 4.64. The monoisotopic (exact) mass is 224 g/mol. The molecule has 1 aliphatic rings. The van der Waals surface area contributed by atoms with Crippen molar-refractivity contribution in [3.05, 3.63) is 17.0 Å². The van der Waals surface area contributed by atoms with Crippen LogP contribution in [-0.4, -0.2) is 27.1 Å². The lowest BCUT2D eigenvalue weighted by molar-refractivity contribution is 0.0432. The Kier molecular flexibility index (Phi) is 3.30. The fraction of sp³-hybridized carbons (Fsp3) is 0.750. The summed E-state index contributed by atoms with van der Waals surface area (Å²) in [5, 5.41) is 13.7. The smallest absolute Gasteiger partial charge is 0.0775 e. The maximum atomic E-state index is 9.23. The largest absolute Gasteiger partial charge is 0.392 e. The Bertz CT molecular complexity index is 373. The summed E-state index contributed by atoms with van der Waals surface area (Å²) in [5.74, 6) is 0. The van der Waals surface area contributed by atoms with Gasteiger partial charge in [0, 0.05) is 11.3 Å². The number of hydrogen-bond acceptors (Lipinski definition) is 3. The molecular formula is C12H20N2O2. The van der Waals surface area contributed by atoms with Gasteiger partial charge in [-0.2, -0.15) is 5.10 Å². The van der Waals surface area contributed by atoms with Crippen LogP contribution in [0.3, 0.4) is 0 Å². The molecular weight excluding hydrogens is 204 g/mol. The van der Waals surface area contributed by atoms with Crippen molar-refractivity contribution in [2.45, 2.75) is 59.0 Å². The van der Waals surface area contributed by atoms with E-state index < -0.39 is 0 Å². The van der Waals surface area contributed by atoms with Crippen LogP contribution in [0, 0.1) is 13.8 Å². The van der Waals surface area contributed by atoms with Gasteiger partial charge in [0.25, 0.3) is 0 Å². The maximum Gasteiger partial charge on any atom is 0.0775 e. The summed E-state index contributed by atoms with van der Waals surface area (Å²) in [6, 6.07) is 0. The molecule has 0 aliphatic carbocycles. The fourth-order valence-electron chi connectivity index (χ4n) is 2.35. The van der Waals surface area contributed by atoms with E-state index in [4.69, 9.17) is 4.74 Å². The van der Waals surface area contributed by atoms with Crippen LogP contribution in [0.4, 0.5) is 0 Å². The van der Waals surface area contributed by atoms with Crippen molar-refractivity contribution in [3.8, 4) is 0 Å². The normalized spacial score (nSPS) is 25.2. The number of rotatable bonds is 3. The third-order valence-electron chi connectivity index (χ3n) is 3.39. The minimum atomic E-state index is 0.0690. The van der Waals surface area contributed by atoms with E-state index in [1.807, 2.05) is 18.5 Å². The Balaban J connectivity index is 2.10. The van der Waals surface area contributed by atoms with Gasteiger partial charge in [0.05, 0.1) is 31.1 Å². The number of aliphatic hydroxyl groups is 1. The summed E-state index contributed by atoms with van der Waals surface area (Å²) < 4.78 is 7.74. The number of aryl methyl sites for hydroxylation is 1. The molecule has 2 rings (SSSR count). The van der Waals surface area contributed by atoms with Gasteiger partial charge in [0.2, 0.25) is 0 Å². The summed E-state index contributed by atoms with van der Waals surface area (Å²) in [4.78, 5) is 0. The predicted molar refractivity (Wildman–Crippen MR) is 61.2 cm³/mol. The van der Waals surface area contributed by atoms with Crippen LogP contribution >= 0.6 is 0 Å². The molecule has 1 fully saturated rings.